The van der Waals surface area contributed by atoms with Crippen LogP contribution in [0.1, 0.15) is 47.8 Å². The van der Waals surface area contributed by atoms with Gasteiger partial charge in [-0.15, -0.1) is 0 Å². The summed E-state index contributed by atoms with van der Waals surface area (Å²) in [4.78, 5) is 23.4. The topological polar surface area (TPSA) is 90.7 Å². The van der Waals surface area contributed by atoms with Crippen molar-refractivity contribution < 1.29 is 19.2 Å². The summed E-state index contributed by atoms with van der Waals surface area (Å²) >= 11 is 0. The van der Waals surface area contributed by atoms with E-state index in [1.54, 1.807) is 32.2 Å². The van der Waals surface area contributed by atoms with E-state index in [0.29, 0.717) is 23.5 Å². The van der Waals surface area contributed by atoms with E-state index in [1.807, 2.05) is 26.0 Å². The fourth-order valence-corrected chi connectivity index (χ4v) is 3.28. The van der Waals surface area contributed by atoms with Crippen molar-refractivity contribution in [3.8, 4) is 11.5 Å². The van der Waals surface area contributed by atoms with Gasteiger partial charge in [0.1, 0.15) is 17.1 Å². The Morgan fingerprint density at radius 1 is 1.30 bits per heavy atom. The van der Waals surface area contributed by atoms with Gasteiger partial charge in [-0.3, -0.25) is 14.9 Å². The second kappa shape index (κ2) is 6.90. The van der Waals surface area contributed by atoms with Crippen molar-refractivity contribution in [2.75, 3.05) is 7.11 Å². The number of hydrogen-bond donors (Lipinski definition) is 1. The largest absolute Gasteiger partial charge is 0.497 e. The van der Waals surface area contributed by atoms with Gasteiger partial charge in [-0.2, -0.15) is 0 Å². The molecule has 2 aromatic carbocycles. The van der Waals surface area contributed by atoms with Gasteiger partial charge in [0.25, 0.3) is 11.6 Å². The first-order valence-corrected chi connectivity index (χ1v) is 8.63. The highest BCUT2D eigenvalue weighted by Crippen LogP contribution is 2.41. The lowest BCUT2D eigenvalue weighted by molar-refractivity contribution is -0.385. The number of carbonyl (C=O) groups is 1. The number of benzene rings is 2. The second-order valence-electron chi connectivity index (χ2n) is 7.25. The Bertz CT molecular complexity index is 907. The van der Waals surface area contributed by atoms with Crippen LogP contribution in [0.3, 0.4) is 0 Å². The fraction of sp³-hybridized carbons (Fsp3) is 0.350. The summed E-state index contributed by atoms with van der Waals surface area (Å²) < 4.78 is 11.3. The number of nitrogens with one attached hydrogen (secondary N) is 1. The molecule has 0 aliphatic carbocycles. The van der Waals surface area contributed by atoms with Crippen LogP contribution in [0.5, 0.6) is 11.5 Å². The zero-order valence-corrected chi connectivity index (χ0v) is 15.7. The molecule has 0 spiro atoms. The number of nitro benzene ring substituents is 1. The van der Waals surface area contributed by atoms with Gasteiger partial charge in [0.15, 0.2) is 0 Å². The van der Waals surface area contributed by atoms with Crippen LogP contribution in [0.2, 0.25) is 0 Å². The molecule has 0 saturated carbocycles. The molecule has 0 unspecified atom stereocenters. The molecule has 1 amide bonds. The van der Waals surface area contributed by atoms with Gasteiger partial charge in [0.05, 0.1) is 18.1 Å². The molecule has 142 valence electrons. The second-order valence-corrected chi connectivity index (χ2v) is 7.25. The Kier molecular flexibility index (Phi) is 4.78. The van der Waals surface area contributed by atoms with Gasteiger partial charge in [-0.05, 0) is 39.0 Å². The van der Waals surface area contributed by atoms with E-state index in [0.717, 1.165) is 5.56 Å². The van der Waals surface area contributed by atoms with E-state index >= 15 is 0 Å². The lowest BCUT2D eigenvalue weighted by Crippen LogP contribution is -2.41. The van der Waals surface area contributed by atoms with Crippen LogP contribution in [0.4, 0.5) is 5.69 Å². The molecule has 0 bridgehead atoms. The number of nitro groups is 1. The number of rotatable bonds is 4. The van der Waals surface area contributed by atoms with Crippen LogP contribution < -0.4 is 14.8 Å². The van der Waals surface area contributed by atoms with Crippen molar-refractivity contribution in [3.63, 3.8) is 0 Å². The lowest BCUT2D eigenvalue weighted by atomic mass is 9.89. The summed E-state index contributed by atoms with van der Waals surface area (Å²) in [6, 6.07) is 9.69. The Balaban J connectivity index is 1.90. The summed E-state index contributed by atoms with van der Waals surface area (Å²) in [5.41, 5.74) is 1.08. The fourth-order valence-electron chi connectivity index (χ4n) is 3.28. The number of methoxy groups -OCH3 is 1. The van der Waals surface area contributed by atoms with Crippen molar-refractivity contribution >= 4 is 11.6 Å². The number of hydrogen-bond acceptors (Lipinski definition) is 5. The third-order valence-corrected chi connectivity index (χ3v) is 4.65. The number of fused-ring (bicyclic) bond motifs is 1. The van der Waals surface area contributed by atoms with Gasteiger partial charge >= 0.3 is 0 Å². The molecule has 0 radical (unpaired) electrons. The smallest absolute Gasteiger partial charge is 0.273 e. The molecular weight excluding hydrogens is 348 g/mol. The molecule has 7 heteroatoms. The predicted molar refractivity (Wildman–Crippen MR) is 100 cm³/mol. The Morgan fingerprint density at radius 2 is 2.04 bits per heavy atom. The Morgan fingerprint density at radius 3 is 2.70 bits per heavy atom. The van der Waals surface area contributed by atoms with Gasteiger partial charge in [0, 0.05) is 35.2 Å². The minimum Gasteiger partial charge on any atom is -0.497 e. The van der Waals surface area contributed by atoms with Gasteiger partial charge in [-0.1, -0.05) is 6.07 Å². The molecule has 1 heterocycles. The zero-order valence-electron chi connectivity index (χ0n) is 15.7. The maximum atomic E-state index is 12.7. The molecule has 2 aromatic rings. The molecule has 0 saturated heterocycles. The van der Waals surface area contributed by atoms with Crippen LogP contribution in [0, 0.1) is 17.0 Å². The van der Waals surface area contributed by atoms with E-state index < -0.39 is 10.5 Å². The molecule has 3 rings (SSSR count). The minimum atomic E-state index is -0.481. The highest BCUT2D eigenvalue weighted by atomic mass is 16.6. The summed E-state index contributed by atoms with van der Waals surface area (Å²) in [6.07, 6.45) is 0.575. The lowest BCUT2D eigenvalue weighted by Gasteiger charge is -2.38. The van der Waals surface area contributed by atoms with Crippen LogP contribution in [0.25, 0.3) is 0 Å². The van der Waals surface area contributed by atoms with Crippen molar-refractivity contribution in [1.82, 2.24) is 5.32 Å². The van der Waals surface area contributed by atoms with E-state index in [-0.39, 0.29) is 23.2 Å². The standard InChI is InChI=1S/C20H22N2O5/c1-12-5-6-13(9-17(12)22(24)25)19(23)21-16-11-20(2,3)27-18-10-14(26-4)7-8-15(16)18/h5-10,16H,11H2,1-4H3,(H,21,23)/t16-/m0/s1. The van der Waals surface area contributed by atoms with Gasteiger partial charge in [-0.25, -0.2) is 0 Å². The number of amides is 1. The molecule has 1 aliphatic rings. The molecule has 1 aliphatic heterocycles. The molecule has 0 fully saturated rings. The van der Waals surface area contributed by atoms with Crippen LogP contribution in [-0.2, 0) is 0 Å². The molecule has 1 atom stereocenters. The average Bonchev–Trinajstić information content (AvgIpc) is 2.60. The van der Waals surface area contributed by atoms with Crippen molar-refractivity contribution in [2.45, 2.75) is 38.8 Å². The van der Waals surface area contributed by atoms with Gasteiger partial charge < -0.3 is 14.8 Å². The van der Waals surface area contributed by atoms with Crippen LogP contribution >= 0.6 is 0 Å². The molecule has 1 N–H and O–H groups in total. The first-order valence-electron chi connectivity index (χ1n) is 8.63. The number of aryl methyl sites for hydroxylation is 1. The third kappa shape index (κ3) is 3.86. The highest BCUT2D eigenvalue weighted by Gasteiger charge is 2.35. The predicted octanol–water partition coefficient (Wildman–Crippen LogP) is 3.94. The van der Waals surface area contributed by atoms with E-state index in [1.165, 1.54) is 6.07 Å². The SMILES string of the molecule is COc1ccc2c(c1)OC(C)(C)C[C@@H]2NC(=O)c1ccc(C)c([N+](=O)[O-])c1. The first kappa shape index (κ1) is 18.7. The van der Waals surface area contributed by atoms with Gasteiger partial charge in [0.2, 0.25) is 0 Å². The van der Waals surface area contributed by atoms with Crippen molar-refractivity contribution in [2.24, 2.45) is 0 Å². The Labute approximate surface area is 157 Å². The van der Waals surface area contributed by atoms with Crippen LogP contribution in [0.15, 0.2) is 36.4 Å². The van der Waals surface area contributed by atoms with Crippen molar-refractivity contribution in [3.05, 3.63) is 63.2 Å². The Hall–Kier alpha value is -3.09. The maximum absolute atomic E-state index is 12.7. The van der Waals surface area contributed by atoms with E-state index in [9.17, 15) is 14.9 Å². The maximum Gasteiger partial charge on any atom is 0.273 e. The number of nitrogens with zero attached hydrogens (tertiary/aromatic N) is 1. The minimum absolute atomic E-state index is 0.0694. The zero-order chi connectivity index (χ0) is 19.8. The molecule has 7 nitrogen and oxygen atoms in total. The molecule has 0 aromatic heterocycles. The van der Waals surface area contributed by atoms with E-state index in [4.69, 9.17) is 9.47 Å². The first-order chi connectivity index (χ1) is 12.7. The summed E-state index contributed by atoms with van der Waals surface area (Å²) in [7, 11) is 1.58. The molecule has 27 heavy (non-hydrogen) atoms. The highest BCUT2D eigenvalue weighted by molar-refractivity contribution is 5.95. The number of carbonyl (C=O) groups excluding carboxylic acids is 1. The number of ether oxygens (including phenoxy) is 2. The van der Waals surface area contributed by atoms with Crippen molar-refractivity contribution in [1.29, 1.82) is 0 Å². The monoisotopic (exact) mass is 370 g/mol. The van der Waals surface area contributed by atoms with E-state index in [2.05, 4.69) is 5.32 Å². The molecular formula is C20H22N2O5. The third-order valence-electron chi connectivity index (χ3n) is 4.65. The quantitative estimate of drug-likeness (QED) is 0.650. The average molecular weight is 370 g/mol. The summed E-state index contributed by atoms with van der Waals surface area (Å²) in [5.74, 6) is 0.971. The summed E-state index contributed by atoms with van der Waals surface area (Å²) in [6.45, 7) is 5.54. The summed E-state index contributed by atoms with van der Waals surface area (Å²) in [5, 5.41) is 14.1. The van der Waals surface area contributed by atoms with Crippen LogP contribution in [-0.4, -0.2) is 23.5 Å². The normalized spacial score (nSPS) is 17.4.